The summed E-state index contributed by atoms with van der Waals surface area (Å²) in [7, 11) is 2.34. The number of hydrogen-bond donors (Lipinski definition) is 1. The molecular formula is C25H26N+. The summed E-state index contributed by atoms with van der Waals surface area (Å²) in [6.45, 7) is 2.38. The highest BCUT2D eigenvalue weighted by atomic mass is 15.2. The van der Waals surface area contributed by atoms with Crippen LogP contribution in [0.2, 0.25) is 0 Å². The van der Waals surface area contributed by atoms with Gasteiger partial charge in [-0.3, -0.25) is 0 Å². The Hall–Kier alpha value is -2.64. The van der Waals surface area contributed by atoms with Crippen molar-refractivity contribution in [2.24, 2.45) is 5.92 Å². The fourth-order valence-corrected chi connectivity index (χ4v) is 4.45. The second-order valence-corrected chi connectivity index (χ2v) is 7.30. The van der Waals surface area contributed by atoms with E-state index in [1.165, 1.54) is 27.2 Å². The second kappa shape index (κ2) is 7.31. The Kier molecular flexibility index (Phi) is 4.73. The predicted molar refractivity (Wildman–Crippen MR) is 109 cm³/mol. The summed E-state index contributed by atoms with van der Waals surface area (Å²) in [6, 6.07) is 33.5. The van der Waals surface area contributed by atoms with Crippen LogP contribution in [0.15, 0.2) is 97.1 Å². The zero-order valence-corrected chi connectivity index (χ0v) is 15.5. The molecule has 4 atom stereocenters. The standard InChI is InChI=1S/C25H25N/c1-19-23(20-12-6-3-7-13-20)18-24(21-14-8-4-9-15-21)26(2)25(19)22-16-10-5-11-17-22/h3-19,24-25H,1-2H3/p+1/t19-,24-,25-/m0/s1. The first kappa shape index (κ1) is 16.8. The van der Waals surface area contributed by atoms with Crippen LogP contribution < -0.4 is 4.90 Å². The quantitative estimate of drug-likeness (QED) is 0.704. The molecule has 0 spiro atoms. The molecule has 130 valence electrons. The molecular weight excluding hydrogens is 314 g/mol. The van der Waals surface area contributed by atoms with E-state index in [4.69, 9.17) is 0 Å². The molecule has 1 aliphatic heterocycles. The van der Waals surface area contributed by atoms with Crippen LogP contribution in [0.25, 0.3) is 5.57 Å². The van der Waals surface area contributed by atoms with E-state index < -0.39 is 0 Å². The highest BCUT2D eigenvalue weighted by molar-refractivity contribution is 5.69. The number of rotatable bonds is 3. The monoisotopic (exact) mass is 340 g/mol. The zero-order valence-electron chi connectivity index (χ0n) is 15.5. The van der Waals surface area contributed by atoms with Crippen LogP contribution in [-0.4, -0.2) is 7.05 Å². The van der Waals surface area contributed by atoms with Crippen molar-refractivity contribution in [3.05, 3.63) is 114 Å². The minimum Gasteiger partial charge on any atom is -0.321 e. The van der Waals surface area contributed by atoms with Gasteiger partial charge in [0.25, 0.3) is 0 Å². The van der Waals surface area contributed by atoms with E-state index in [0.717, 1.165) is 0 Å². The van der Waals surface area contributed by atoms with E-state index in [9.17, 15) is 0 Å². The highest BCUT2D eigenvalue weighted by Gasteiger charge is 2.39. The molecule has 0 amide bonds. The Morgan fingerprint density at radius 2 is 1.15 bits per heavy atom. The van der Waals surface area contributed by atoms with E-state index in [2.05, 4.69) is 111 Å². The average molecular weight is 340 g/mol. The molecule has 3 aromatic rings. The number of benzene rings is 3. The average Bonchev–Trinajstić information content (AvgIpc) is 2.70. The summed E-state index contributed by atoms with van der Waals surface area (Å²) >= 11 is 0. The zero-order chi connectivity index (χ0) is 17.9. The first-order valence-corrected chi connectivity index (χ1v) is 9.46. The van der Waals surface area contributed by atoms with Crippen LogP contribution in [0.5, 0.6) is 0 Å². The SMILES string of the molecule is C[C@H]1C(c2ccccc2)=C[C@@H](c2ccccc2)[NH+](C)[C@@H]1c1ccccc1. The van der Waals surface area contributed by atoms with Crippen molar-refractivity contribution in [3.8, 4) is 0 Å². The number of hydrogen-bond acceptors (Lipinski definition) is 0. The molecule has 3 aromatic carbocycles. The normalized spacial score (nSPS) is 25.5. The maximum absolute atomic E-state index is 2.49. The molecule has 0 saturated carbocycles. The lowest BCUT2D eigenvalue weighted by molar-refractivity contribution is -0.941. The van der Waals surface area contributed by atoms with Crippen molar-refractivity contribution in [1.82, 2.24) is 0 Å². The van der Waals surface area contributed by atoms with Gasteiger partial charge in [0.15, 0.2) is 0 Å². The Labute approximate surface area is 156 Å². The Morgan fingerprint density at radius 1 is 0.654 bits per heavy atom. The van der Waals surface area contributed by atoms with Crippen LogP contribution in [-0.2, 0) is 0 Å². The van der Waals surface area contributed by atoms with Gasteiger partial charge in [-0.05, 0) is 17.2 Å². The van der Waals surface area contributed by atoms with Gasteiger partial charge in [0, 0.05) is 17.0 Å². The number of quaternary nitrogens is 1. The summed E-state index contributed by atoms with van der Waals surface area (Å²) in [6.07, 6.45) is 2.49. The summed E-state index contributed by atoms with van der Waals surface area (Å²) in [5, 5.41) is 0. The van der Waals surface area contributed by atoms with Crippen LogP contribution in [0, 0.1) is 5.92 Å². The Balaban J connectivity index is 1.84. The van der Waals surface area contributed by atoms with Gasteiger partial charge in [-0.25, -0.2) is 0 Å². The van der Waals surface area contributed by atoms with Crippen molar-refractivity contribution >= 4 is 5.57 Å². The van der Waals surface area contributed by atoms with E-state index in [-0.39, 0.29) is 0 Å². The minimum absolute atomic E-state index is 0.354. The summed E-state index contributed by atoms with van der Waals surface area (Å²) in [5.41, 5.74) is 5.60. The van der Waals surface area contributed by atoms with Crippen molar-refractivity contribution < 1.29 is 4.90 Å². The third kappa shape index (κ3) is 3.11. The molecule has 0 aromatic heterocycles. The van der Waals surface area contributed by atoms with Crippen molar-refractivity contribution in [3.63, 3.8) is 0 Å². The first-order valence-electron chi connectivity index (χ1n) is 9.46. The summed E-state index contributed by atoms with van der Waals surface area (Å²) in [5.74, 6) is 0.458. The molecule has 1 N–H and O–H groups in total. The molecule has 1 heterocycles. The highest BCUT2D eigenvalue weighted by Crippen LogP contribution is 2.37. The van der Waals surface area contributed by atoms with Crippen molar-refractivity contribution in [2.75, 3.05) is 7.05 Å². The van der Waals surface area contributed by atoms with Gasteiger partial charge in [0.1, 0.15) is 12.1 Å². The molecule has 0 aliphatic carbocycles. The van der Waals surface area contributed by atoms with E-state index in [1.54, 1.807) is 0 Å². The van der Waals surface area contributed by atoms with Crippen LogP contribution in [0.3, 0.4) is 0 Å². The molecule has 1 nitrogen and oxygen atoms in total. The van der Waals surface area contributed by atoms with Gasteiger partial charge in [0.05, 0.1) is 7.05 Å². The molecule has 0 radical (unpaired) electrons. The third-order valence-electron chi connectivity index (χ3n) is 5.74. The van der Waals surface area contributed by atoms with Gasteiger partial charge in [-0.1, -0.05) is 97.9 Å². The summed E-state index contributed by atoms with van der Waals surface area (Å²) in [4.78, 5) is 1.54. The first-order chi connectivity index (χ1) is 12.8. The number of likely N-dealkylation sites (N-methyl/N-ethyl adjacent to an activating group) is 1. The van der Waals surface area contributed by atoms with Crippen molar-refractivity contribution in [2.45, 2.75) is 19.0 Å². The van der Waals surface area contributed by atoms with Crippen molar-refractivity contribution in [1.29, 1.82) is 0 Å². The van der Waals surface area contributed by atoms with Gasteiger partial charge in [-0.2, -0.15) is 0 Å². The Morgan fingerprint density at radius 3 is 1.73 bits per heavy atom. The lowest BCUT2D eigenvalue weighted by atomic mass is 9.78. The molecule has 1 heteroatoms. The summed E-state index contributed by atoms with van der Waals surface area (Å²) < 4.78 is 0. The minimum atomic E-state index is 0.354. The fraction of sp³-hybridized carbons (Fsp3) is 0.200. The van der Waals surface area contributed by atoms with E-state index >= 15 is 0 Å². The third-order valence-corrected chi connectivity index (χ3v) is 5.74. The Bertz CT molecular complexity index is 868. The maximum Gasteiger partial charge on any atom is 0.133 e. The molecule has 26 heavy (non-hydrogen) atoms. The maximum atomic E-state index is 2.49. The van der Waals surface area contributed by atoms with Crippen LogP contribution >= 0.6 is 0 Å². The fourth-order valence-electron chi connectivity index (χ4n) is 4.45. The predicted octanol–water partition coefficient (Wildman–Crippen LogP) is 4.72. The molecule has 0 bridgehead atoms. The molecule has 4 rings (SSSR count). The molecule has 0 fully saturated rings. The van der Waals surface area contributed by atoms with Gasteiger partial charge in [0.2, 0.25) is 0 Å². The largest absolute Gasteiger partial charge is 0.321 e. The second-order valence-electron chi connectivity index (χ2n) is 7.30. The van der Waals surface area contributed by atoms with Gasteiger partial charge >= 0.3 is 0 Å². The number of nitrogens with one attached hydrogen (secondary N) is 1. The lowest BCUT2D eigenvalue weighted by Gasteiger charge is -2.40. The van der Waals surface area contributed by atoms with Crippen LogP contribution in [0.4, 0.5) is 0 Å². The van der Waals surface area contributed by atoms with E-state index in [0.29, 0.717) is 18.0 Å². The van der Waals surface area contributed by atoms with Crippen LogP contribution in [0.1, 0.15) is 35.7 Å². The topological polar surface area (TPSA) is 4.44 Å². The van der Waals surface area contributed by atoms with E-state index in [1.807, 2.05) is 0 Å². The lowest BCUT2D eigenvalue weighted by Crippen LogP contribution is -3.10. The van der Waals surface area contributed by atoms with Gasteiger partial charge < -0.3 is 4.90 Å². The van der Waals surface area contributed by atoms with Gasteiger partial charge in [-0.15, -0.1) is 0 Å². The molecule has 1 unspecified atom stereocenters. The molecule has 0 saturated heterocycles. The smallest absolute Gasteiger partial charge is 0.133 e. The molecule has 1 aliphatic rings.